The highest BCUT2D eigenvalue weighted by Gasteiger charge is 2.73. The number of fused-ring (bicyclic) bond motifs is 4. The molecule has 0 unspecified atom stereocenters. The molecule has 1 aromatic rings. The minimum atomic E-state index is -1.01. The molecule has 3 aliphatic rings. The maximum Gasteiger partial charge on any atom is 0.291 e. The van der Waals surface area contributed by atoms with E-state index < -0.39 is 17.4 Å². The van der Waals surface area contributed by atoms with Crippen molar-refractivity contribution in [1.82, 2.24) is 4.90 Å². The molecule has 3 aliphatic heterocycles. The number of carbonyl (C=O) groups excluding carboxylic acids is 3. The number of nitrogens with one attached hydrogen (secondary N) is 1. The normalized spacial score (nSPS) is 33.2. The summed E-state index contributed by atoms with van der Waals surface area (Å²) in [6, 6.07) is 5.71. The Kier molecular flexibility index (Phi) is 3.51. The lowest BCUT2D eigenvalue weighted by Crippen LogP contribution is -2.98. The number of rotatable bonds is 3. The van der Waals surface area contributed by atoms with E-state index in [-0.39, 0.29) is 23.8 Å². The van der Waals surface area contributed by atoms with Crippen molar-refractivity contribution in [2.75, 3.05) is 11.9 Å². The van der Waals surface area contributed by atoms with Gasteiger partial charge in [0.2, 0.25) is 17.4 Å². The number of nitrogens with two attached hydrogens (primary N) is 1. The molecule has 0 bridgehead atoms. The lowest BCUT2D eigenvalue weighted by molar-refractivity contribution is -0.730. The molecule has 1 aromatic carbocycles. The van der Waals surface area contributed by atoms with Crippen LogP contribution in [0.15, 0.2) is 18.2 Å². The zero-order valence-corrected chi connectivity index (χ0v) is 14.8. The molecule has 3 heterocycles. The Morgan fingerprint density at radius 1 is 1.24 bits per heavy atom. The Labute approximate surface area is 147 Å². The van der Waals surface area contributed by atoms with Gasteiger partial charge in [-0.2, -0.15) is 0 Å². The summed E-state index contributed by atoms with van der Waals surface area (Å²) < 4.78 is 0. The van der Waals surface area contributed by atoms with E-state index in [2.05, 4.69) is 5.32 Å². The lowest BCUT2D eigenvalue weighted by atomic mass is 9.76. The number of carbonyl (C=O) groups is 3. The SMILES string of the molecule is CCCCN1C(=O)[C@H]2[C@@H](C1=O)[C@@]1([NH2+][C@@H]2C)C(=O)Nc2ccc(C)cc21. The van der Waals surface area contributed by atoms with Crippen molar-refractivity contribution >= 4 is 23.4 Å². The molecule has 4 rings (SSSR count). The molecule has 1 spiro atoms. The van der Waals surface area contributed by atoms with Gasteiger partial charge in [0.05, 0.1) is 11.7 Å². The number of unbranched alkanes of at least 4 members (excludes halogenated alkanes) is 1. The topological polar surface area (TPSA) is 83.1 Å². The summed E-state index contributed by atoms with van der Waals surface area (Å²) in [5.41, 5.74) is 1.63. The molecular weight excluding hydrogens is 318 g/mol. The zero-order valence-electron chi connectivity index (χ0n) is 14.8. The second-order valence-corrected chi connectivity index (χ2v) is 7.58. The van der Waals surface area contributed by atoms with E-state index in [4.69, 9.17) is 0 Å². The summed E-state index contributed by atoms with van der Waals surface area (Å²) in [5, 5.41) is 4.87. The Balaban J connectivity index is 1.83. The van der Waals surface area contributed by atoms with E-state index >= 15 is 0 Å². The first-order valence-corrected chi connectivity index (χ1v) is 9.05. The number of anilines is 1. The van der Waals surface area contributed by atoms with Crippen LogP contribution in [0.25, 0.3) is 0 Å². The molecule has 0 aromatic heterocycles. The van der Waals surface area contributed by atoms with Gasteiger partial charge in [-0.15, -0.1) is 0 Å². The molecule has 3 amide bonds. The number of amides is 3. The van der Waals surface area contributed by atoms with Crippen LogP contribution in [0.3, 0.4) is 0 Å². The van der Waals surface area contributed by atoms with E-state index in [1.54, 1.807) is 0 Å². The van der Waals surface area contributed by atoms with Gasteiger partial charge in [0.1, 0.15) is 11.8 Å². The van der Waals surface area contributed by atoms with Crippen LogP contribution in [-0.2, 0) is 19.9 Å². The summed E-state index contributed by atoms with van der Waals surface area (Å²) in [7, 11) is 0. The second kappa shape index (κ2) is 5.39. The molecule has 2 fully saturated rings. The van der Waals surface area contributed by atoms with Crippen molar-refractivity contribution in [3.63, 3.8) is 0 Å². The average Bonchev–Trinajstić information content (AvgIpc) is 3.12. The van der Waals surface area contributed by atoms with Crippen LogP contribution in [0.2, 0.25) is 0 Å². The standard InChI is InChI=1S/C19H23N3O3/c1-4-5-8-22-16(23)14-11(3)21-19(15(14)17(22)24)12-9-10(2)6-7-13(12)20-18(19)25/h6-7,9,11,14-15,21H,4-5,8H2,1-3H3,(H,20,25)/p+1/t11-,14-,15+,19-/m1/s1. The molecule has 2 saturated heterocycles. The van der Waals surface area contributed by atoms with Crippen molar-refractivity contribution in [2.45, 2.75) is 45.2 Å². The predicted molar refractivity (Wildman–Crippen MR) is 91.5 cm³/mol. The van der Waals surface area contributed by atoms with Crippen LogP contribution in [0.5, 0.6) is 0 Å². The van der Waals surface area contributed by atoms with Crippen LogP contribution in [0, 0.1) is 18.8 Å². The molecule has 4 atom stereocenters. The Bertz CT molecular complexity index is 790. The van der Waals surface area contributed by atoms with Crippen molar-refractivity contribution in [3.05, 3.63) is 29.3 Å². The van der Waals surface area contributed by atoms with Crippen LogP contribution < -0.4 is 10.6 Å². The highest BCUT2D eigenvalue weighted by atomic mass is 16.2. The fourth-order valence-corrected chi connectivity index (χ4v) is 4.85. The third-order valence-electron chi connectivity index (χ3n) is 6.01. The van der Waals surface area contributed by atoms with Crippen LogP contribution >= 0.6 is 0 Å². The van der Waals surface area contributed by atoms with Gasteiger partial charge in [-0.25, -0.2) is 0 Å². The number of aryl methyl sites for hydroxylation is 1. The first kappa shape index (κ1) is 16.3. The van der Waals surface area contributed by atoms with Gasteiger partial charge in [-0.05, 0) is 32.4 Å². The third-order valence-corrected chi connectivity index (χ3v) is 6.01. The number of hydrogen-bond donors (Lipinski definition) is 2. The fraction of sp³-hybridized carbons (Fsp3) is 0.526. The summed E-state index contributed by atoms with van der Waals surface area (Å²) in [5.74, 6) is -1.52. The molecule has 0 aliphatic carbocycles. The first-order valence-electron chi connectivity index (χ1n) is 9.05. The summed E-state index contributed by atoms with van der Waals surface area (Å²) in [6.45, 7) is 6.41. The van der Waals surface area contributed by atoms with Gasteiger partial charge in [0, 0.05) is 12.1 Å². The molecular formula is C19H24N3O3+. The molecule has 0 saturated carbocycles. The van der Waals surface area contributed by atoms with Crippen molar-refractivity contribution in [1.29, 1.82) is 0 Å². The van der Waals surface area contributed by atoms with Gasteiger partial charge >= 0.3 is 0 Å². The van der Waals surface area contributed by atoms with Gasteiger partial charge < -0.3 is 10.6 Å². The summed E-state index contributed by atoms with van der Waals surface area (Å²) in [6.07, 6.45) is 1.71. The largest absolute Gasteiger partial charge is 0.326 e. The minimum Gasteiger partial charge on any atom is -0.326 e. The van der Waals surface area contributed by atoms with Crippen molar-refractivity contribution < 1.29 is 19.7 Å². The monoisotopic (exact) mass is 342 g/mol. The Morgan fingerprint density at radius 3 is 2.72 bits per heavy atom. The number of imide groups is 1. The Morgan fingerprint density at radius 2 is 2.00 bits per heavy atom. The van der Waals surface area contributed by atoms with Gasteiger partial charge in [0.25, 0.3) is 5.91 Å². The second-order valence-electron chi connectivity index (χ2n) is 7.58. The summed E-state index contributed by atoms with van der Waals surface area (Å²) in [4.78, 5) is 40.4. The van der Waals surface area contributed by atoms with E-state index in [1.807, 2.05) is 44.3 Å². The van der Waals surface area contributed by atoms with Crippen molar-refractivity contribution in [2.24, 2.45) is 11.8 Å². The van der Waals surface area contributed by atoms with Crippen LogP contribution in [-0.4, -0.2) is 35.2 Å². The fourth-order valence-electron chi connectivity index (χ4n) is 4.85. The molecule has 3 N–H and O–H groups in total. The minimum absolute atomic E-state index is 0.106. The van der Waals surface area contributed by atoms with E-state index in [1.165, 1.54) is 4.90 Å². The maximum absolute atomic E-state index is 13.2. The molecule has 0 radical (unpaired) electrons. The average molecular weight is 342 g/mol. The highest BCUT2D eigenvalue weighted by molar-refractivity contribution is 6.13. The Hall–Kier alpha value is -2.21. The van der Waals surface area contributed by atoms with Crippen LogP contribution in [0.1, 0.15) is 37.8 Å². The van der Waals surface area contributed by atoms with E-state index in [0.717, 1.165) is 29.7 Å². The molecule has 25 heavy (non-hydrogen) atoms. The van der Waals surface area contributed by atoms with E-state index in [9.17, 15) is 14.4 Å². The lowest BCUT2D eigenvalue weighted by Gasteiger charge is -2.26. The van der Waals surface area contributed by atoms with Gasteiger partial charge in [-0.3, -0.25) is 19.3 Å². The number of likely N-dealkylation sites (tertiary alicyclic amines) is 1. The van der Waals surface area contributed by atoms with Gasteiger partial charge in [-0.1, -0.05) is 25.0 Å². The summed E-state index contributed by atoms with van der Waals surface area (Å²) >= 11 is 0. The molecule has 6 heteroatoms. The van der Waals surface area contributed by atoms with Crippen LogP contribution in [0.4, 0.5) is 5.69 Å². The van der Waals surface area contributed by atoms with Crippen molar-refractivity contribution in [3.8, 4) is 0 Å². The number of hydrogen-bond acceptors (Lipinski definition) is 3. The smallest absolute Gasteiger partial charge is 0.291 e. The molecule has 132 valence electrons. The third kappa shape index (κ3) is 1.97. The zero-order chi connectivity index (χ0) is 17.9. The molecule has 6 nitrogen and oxygen atoms in total. The number of benzene rings is 1. The quantitative estimate of drug-likeness (QED) is 0.785. The number of quaternary nitrogens is 1. The number of nitrogens with zero attached hydrogens (tertiary/aromatic N) is 1. The first-order chi connectivity index (χ1) is 11.9. The maximum atomic E-state index is 13.2. The highest BCUT2D eigenvalue weighted by Crippen LogP contribution is 2.49. The van der Waals surface area contributed by atoms with E-state index in [0.29, 0.717) is 6.54 Å². The van der Waals surface area contributed by atoms with Gasteiger partial charge in [0.15, 0.2) is 0 Å². The predicted octanol–water partition coefficient (Wildman–Crippen LogP) is 0.509.